The third kappa shape index (κ3) is 3.43. The van der Waals surface area contributed by atoms with E-state index in [-0.39, 0.29) is 18.8 Å². The molecule has 2 heterocycles. The monoisotopic (exact) mass is 313 g/mol. The van der Waals surface area contributed by atoms with Crippen LogP contribution in [0.15, 0.2) is 12.1 Å². The summed E-state index contributed by atoms with van der Waals surface area (Å²) in [5.74, 6) is 1.23. The molecule has 116 valence electrons. The minimum absolute atomic E-state index is 0.0112. The van der Waals surface area contributed by atoms with Crippen molar-refractivity contribution < 1.29 is 19.3 Å². The van der Waals surface area contributed by atoms with E-state index < -0.39 is 0 Å². The third-order valence-electron chi connectivity index (χ3n) is 3.82. The summed E-state index contributed by atoms with van der Waals surface area (Å²) in [6.07, 6.45) is 2.39. The highest BCUT2D eigenvalue weighted by atomic mass is 35.5. The highest BCUT2D eigenvalue weighted by Gasteiger charge is 2.22. The molecule has 2 N–H and O–H groups in total. The van der Waals surface area contributed by atoms with Crippen molar-refractivity contribution in [3.63, 3.8) is 0 Å². The molecule has 1 saturated heterocycles. The maximum atomic E-state index is 9.63. The van der Waals surface area contributed by atoms with Crippen molar-refractivity contribution in [3.8, 4) is 11.5 Å². The number of aliphatic hydroxyl groups is 1. The number of hydrogen-bond donors (Lipinski definition) is 2. The van der Waals surface area contributed by atoms with Crippen molar-refractivity contribution in [2.45, 2.75) is 25.0 Å². The smallest absolute Gasteiger partial charge is 0.179 e. The lowest BCUT2D eigenvalue weighted by atomic mass is 10.1. The molecule has 0 spiro atoms. The molecule has 0 aromatic heterocycles. The van der Waals surface area contributed by atoms with Gasteiger partial charge in [-0.15, -0.1) is 0 Å². The maximum Gasteiger partial charge on any atom is 0.179 e. The third-order valence-corrected chi connectivity index (χ3v) is 4.10. The molecular formula is C15H20ClNO4. The minimum Gasteiger partial charge on any atom is -0.486 e. The Labute approximate surface area is 129 Å². The molecular weight excluding hydrogens is 294 g/mol. The Morgan fingerprint density at radius 2 is 2.14 bits per heavy atom. The molecule has 1 aromatic rings. The number of halogens is 1. The zero-order valence-electron chi connectivity index (χ0n) is 11.8. The Balaban J connectivity index is 1.72. The molecule has 0 aliphatic carbocycles. The van der Waals surface area contributed by atoms with Crippen LogP contribution in [-0.2, 0) is 4.74 Å². The summed E-state index contributed by atoms with van der Waals surface area (Å²) in [5.41, 5.74) is 0.893. The van der Waals surface area contributed by atoms with Crippen molar-refractivity contribution in [3.05, 3.63) is 22.7 Å². The molecule has 6 heteroatoms. The molecule has 1 fully saturated rings. The van der Waals surface area contributed by atoms with Gasteiger partial charge in [0.2, 0.25) is 0 Å². The fraction of sp³-hybridized carbons (Fsp3) is 0.600. The Morgan fingerprint density at radius 3 is 2.90 bits per heavy atom. The van der Waals surface area contributed by atoms with Gasteiger partial charge in [0, 0.05) is 13.2 Å². The van der Waals surface area contributed by atoms with Crippen LogP contribution < -0.4 is 14.8 Å². The topological polar surface area (TPSA) is 60.0 Å². The predicted molar refractivity (Wildman–Crippen MR) is 79.2 cm³/mol. The highest BCUT2D eigenvalue weighted by molar-refractivity contribution is 6.32. The van der Waals surface area contributed by atoms with E-state index in [1.165, 1.54) is 0 Å². The van der Waals surface area contributed by atoms with Crippen LogP contribution in [0.2, 0.25) is 5.02 Å². The lowest BCUT2D eigenvalue weighted by Gasteiger charge is -2.24. The van der Waals surface area contributed by atoms with Gasteiger partial charge in [0.1, 0.15) is 13.2 Å². The van der Waals surface area contributed by atoms with Gasteiger partial charge in [0.15, 0.2) is 11.5 Å². The van der Waals surface area contributed by atoms with Gasteiger partial charge in [-0.3, -0.25) is 0 Å². The van der Waals surface area contributed by atoms with Gasteiger partial charge < -0.3 is 24.6 Å². The van der Waals surface area contributed by atoms with E-state index in [1.807, 2.05) is 12.1 Å². The van der Waals surface area contributed by atoms with Crippen LogP contribution in [0.3, 0.4) is 0 Å². The zero-order valence-corrected chi connectivity index (χ0v) is 12.6. The quantitative estimate of drug-likeness (QED) is 0.869. The summed E-state index contributed by atoms with van der Waals surface area (Å²) in [7, 11) is 0. The fourth-order valence-electron chi connectivity index (χ4n) is 2.70. The molecule has 2 unspecified atom stereocenters. The number of fused-ring (bicyclic) bond motifs is 1. The molecule has 2 atom stereocenters. The first-order valence-electron chi connectivity index (χ1n) is 7.33. The summed E-state index contributed by atoms with van der Waals surface area (Å²) in [4.78, 5) is 0. The summed E-state index contributed by atoms with van der Waals surface area (Å²) < 4.78 is 16.7. The maximum absolute atomic E-state index is 9.63. The standard InChI is InChI=1S/C15H20ClNO4/c16-12-6-10(7-14-15(12)21-5-4-20-14)13(9-18)17-8-11-2-1-3-19-11/h6-7,11,13,17-18H,1-5,8-9H2. The van der Waals surface area contributed by atoms with Crippen molar-refractivity contribution in [2.24, 2.45) is 0 Å². The van der Waals surface area contributed by atoms with Gasteiger partial charge in [-0.25, -0.2) is 0 Å². The molecule has 21 heavy (non-hydrogen) atoms. The molecule has 0 radical (unpaired) electrons. The Morgan fingerprint density at radius 1 is 1.29 bits per heavy atom. The lowest BCUT2D eigenvalue weighted by Crippen LogP contribution is -2.32. The average Bonchev–Trinajstić information content (AvgIpc) is 3.01. The van der Waals surface area contributed by atoms with E-state index in [1.54, 1.807) is 0 Å². The van der Waals surface area contributed by atoms with E-state index in [4.69, 9.17) is 25.8 Å². The van der Waals surface area contributed by atoms with E-state index >= 15 is 0 Å². The van der Waals surface area contributed by atoms with Gasteiger partial charge in [-0.05, 0) is 30.5 Å². The first-order valence-corrected chi connectivity index (χ1v) is 7.70. The van der Waals surface area contributed by atoms with Crippen LogP contribution in [0, 0.1) is 0 Å². The Kier molecular flexibility index (Phi) is 4.85. The van der Waals surface area contributed by atoms with Crippen LogP contribution in [0.25, 0.3) is 0 Å². The summed E-state index contributed by atoms with van der Waals surface area (Å²) in [6, 6.07) is 3.50. The van der Waals surface area contributed by atoms with Gasteiger partial charge >= 0.3 is 0 Å². The number of ether oxygens (including phenoxy) is 3. The van der Waals surface area contributed by atoms with Crippen LogP contribution in [0.1, 0.15) is 24.4 Å². The Hall–Kier alpha value is -1.01. The molecule has 0 saturated carbocycles. The van der Waals surface area contributed by atoms with E-state index in [9.17, 15) is 5.11 Å². The zero-order chi connectivity index (χ0) is 14.7. The largest absolute Gasteiger partial charge is 0.486 e. The van der Waals surface area contributed by atoms with Gasteiger partial charge in [-0.1, -0.05) is 11.6 Å². The number of nitrogens with one attached hydrogen (secondary N) is 1. The molecule has 3 rings (SSSR count). The molecule has 2 aliphatic heterocycles. The predicted octanol–water partition coefficient (Wildman–Crippen LogP) is 1.91. The minimum atomic E-state index is -0.192. The molecule has 0 amide bonds. The van der Waals surface area contributed by atoms with Crippen molar-refractivity contribution in [1.82, 2.24) is 5.32 Å². The summed E-state index contributed by atoms with van der Waals surface area (Å²) in [6.45, 7) is 2.55. The van der Waals surface area contributed by atoms with Crippen molar-refractivity contribution in [1.29, 1.82) is 0 Å². The molecule has 5 nitrogen and oxygen atoms in total. The number of rotatable bonds is 5. The number of aliphatic hydroxyl groups excluding tert-OH is 1. The molecule has 0 bridgehead atoms. The van der Waals surface area contributed by atoms with Crippen LogP contribution in [-0.4, -0.2) is 44.2 Å². The number of hydrogen-bond acceptors (Lipinski definition) is 5. The Bertz CT molecular complexity index is 491. The average molecular weight is 314 g/mol. The van der Waals surface area contributed by atoms with E-state index in [2.05, 4.69) is 5.32 Å². The van der Waals surface area contributed by atoms with E-state index in [0.717, 1.165) is 31.6 Å². The fourth-order valence-corrected chi connectivity index (χ4v) is 2.97. The van der Waals surface area contributed by atoms with Gasteiger partial charge in [0.05, 0.1) is 23.8 Å². The van der Waals surface area contributed by atoms with E-state index in [0.29, 0.717) is 29.7 Å². The normalized spacial score (nSPS) is 22.3. The van der Waals surface area contributed by atoms with Gasteiger partial charge in [-0.2, -0.15) is 0 Å². The first kappa shape index (κ1) is 14.9. The summed E-state index contributed by atoms with van der Waals surface area (Å²) in [5, 5.41) is 13.5. The SMILES string of the molecule is OCC(NCC1CCCO1)c1cc(Cl)c2c(c1)OCCO2. The lowest BCUT2D eigenvalue weighted by molar-refractivity contribution is 0.104. The van der Waals surface area contributed by atoms with Crippen molar-refractivity contribution in [2.75, 3.05) is 33.0 Å². The van der Waals surface area contributed by atoms with Crippen molar-refractivity contribution >= 4 is 11.6 Å². The second kappa shape index (κ2) is 6.83. The van der Waals surface area contributed by atoms with Gasteiger partial charge in [0.25, 0.3) is 0 Å². The van der Waals surface area contributed by atoms with Crippen LogP contribution in [0.4, 0.5) is 0 Å². The molecule has 2 aliphatic rings. The first-order chi connectivity index (χ1) is 10.3. The highest BCUT2D eigenvalue weighted by Crippen LogP contribution is 2.39. The number of benzene rings is 1. The second-order valence-corrected chi connectivity index (χ2v) is 5.71. The second-order valence-electron chi connectivity index (χ2n) is 5.31. The van der Waals surface area contributed by atoms with Crippen LogP contribution in [0.5, 0.6) is 11.5 Å². The van der Waals surface area contributed by atoms with Crippen LogP contribution >= 0.6 is 11.6 Å². The molecule has 1 aromatic carbocycles. The summed E-state index contributed by atoms with van der Waals surface area (Å²) >= 11 is 6.24.